The van der Waals surface area contributed by atoms with Gasteiger partial charge in [0.2, 0.25) is 0 Å². The summed E-state index contributed by atoms with van der Waals surface area (Å²) in [6, 6.07) is 11.4. The second kappa shape index (κ2) is 8.76. The van der Waals surface area contributed by atoms with Crippen molar-refractivity contribution in [1.29, 1.82) is 0 Å². The van der Waals surface area contributed by atoms with Gasteiger partial charge in [-0.2, -0.15) is 11.8 Å². The Balaban J connectivity index is 2.31. The highest BCUT2D eigenvalue weighted by Crippen LogP contribution is 2.29. The topological polar surface area (TPSA) is 27.7 Å². The maximum atomic E-state index is 5.41. The van der Waals surface area contributed by atoms with Crippen LogP contribution in [0.25, 0.3) is 0 Å². The van der Waals surface area contributed by atoms with E-state index in [0.29, 0.717) is 5.25 Å². The number of benzene rings is 1. The summed E-state index contributed by atoms with van der Waals surface area (Å²) >= 11 is 1.96. The predicted molar refractivity (Wildman–Crippen MR) is 83.5 cm³/mol. The van der Waals surface area contributed by atoms with Crippen LogP contribution in [0.4, 0.5) is 0 Å². The first-order valence-electron chi connectivity index (χ1n) is 6.49. The SMILES string of the molecule is CO[Si](CCCSC(C)c1ccccc1)(OC)OC. The van der Waals surface area contributed by atoms with E-state index in [1.54, 1.807) is 21.3 Å². The average Bonchev–Trinajstić information content (AvgIpc) is 2.49. The Morgan fingerprint density at radius 2 is 1.63 bits per heavy atom. The first kappa shape index (κ1) is 16.7. The molecule has 0 heterocycles. The van der Waals surface area contributed by atoms with Crippen LogP contribution in [0.2, 0.25) is 6.04 Å². The van der Waals surface area contributed by atoms with E-state index < -0.39 is 8.80 Å². The van der Waals surface area contributed by atoms with Gasteiger partial charge in [0.15, 0.2) is 0 Å². The highest BCUT2D eigenvalue weighted by Gasteiger charge is 2.36. The predicted octanol–water partition coefficient (Wildman–Crippen LogP) is 3.75. The highest BCUT2D eigenvalue weighted by molar-refractivity contribution is 7.99. The van der Waals surface area contributed by atoms with E-state index in [-0.39, 0.29) is 0 Å². The van der Waals surface area contributed by atoms with Gasteiger partial charge in [-0.1, -0.05) is 30.3 Å². The molecule has 1 aromatic rings. The number of thioether (sulfide) groups is 1. The molecule has 3 nitrogen and oxygen atoms in total. The zero-order valence-corrected chi connectivity index (χ0v) is 14.0. The molecule has 0 amide bonds. The van der Waals surface area contributed by atoms with Crippen LogP contribution < -0.4 is 0 Å². The summed E-state index contributed by atoms with van der Waals surface area (Å²) in [5.41, 5.74) is 1.38. The van der Waals surface area contributed by atoms with Crippen LogP contribution in [0.3, 0.4) is 0 Å². The van der Waals surface area contributed by atoms with Gasteiger partial charge in [0, 0.05) is 32.6 Å². The molecule has 1 atom stereocenters. The Hall–Kier alpha value is -0.333. The van der Waals surface area contributed by atoms with Crippen molar-refractivity contribution < 1.29 is 13.3 Å². The minimum Gasteiger partial charge on any atom is -0.377 e. The summed E-state index contributed by atoms with van der Waals surface area (Å²) in [4.78, 5) is 0. The van der Waals surface area contributed by atoms with Crippen molar-refractivity contribution in [3.05, 3.63) is 35.9 Å². The average molecular weight is 300 g/mol. The minimum atomic E-state index is -2.38. The van der Waals surface area contributed by atoms with Gasteiger partial charge in [-0.05, 0) is 24.7 Å². The minimum absolute atomic E-state index is 0.518. The first-order chi connectivity index (χ1) is 9.17. The third-order valence-corrected chi connectivity index (χ3v) is 7.33. The monoisotopic (exact) mass is 300 g/mol. The Labute approximate surface area is 122 Å². The summed E-state index contributed by atoms with van der Waals surface area (Å²) in [5, 5.41) is 0.518. The van der Waals surface area contributed by atoms with Crippen LogP contribution in [-0.2, 0) is 13.3 Å². The standard InChI is InChI=1S/C14H24O3SSi/c1-13(14-9-6-5-7-10-14)18-11-8-12-19(15-2,16-3)17-4/h5-7,9-10,13H,8,11-12H2,1-4H3. The summed E-state index contributed by atoms with van der Waals surface area (Å²) < 4.78 is 16.2. The van der Waals surface area contributed by atoms with Gasteiger partial charge in [-0.3, -0.25) is 0 Å². The molecule has 0 radical (unpaired) electrons. The van der Waals surface area contributed by atoms with Crippen LogP contribution in [0.1, 0.15) is 24.2 Å². The van der Waals surface area contributed by atoms with E-state index in [4.69, 9.17) is 13.3 Å². The van der Waals surface area contributed by atoms with Crippen molar-refractivity contribution >= 4 is 20.6 Å². The van der Waals surface area contributed by atoms with Gasteiger partial charge >= 0.3 is 8.80 Å². The van der Waals surface area contributed by atoms with Gasteiger partial charge in [-0.25, -0.2) is 0 Å². The van der Waals surface area contributed by atoms with Crippen LogP contribution in [-0.4, -0.2) is 35.9 Å². The second-order valence-corrected chi connectivity index (χ2v) is 8.86. The Morgan fingerprint density at radius 1 is 1.05 bits per heavy atom. The smallest absolute Gasteiger partial charge is 0.377 e. The van der Waals surface area contributed by atoms with Gasteiger partial charge < -0.3 is 13.3 Å². The molecule has 0 N–H and O–H groups in total. The molecule has 0 aliphatic heterocycles. The van der Waals surface area contributed by atoms with Crippen molar-refractivity contribution in [2.24, 2.45) is 0 Å². The Morgan fingerprint density at radius 3 is 2.16 bits per heavy atom. The van der Waals surface area contributed by atoms with Gasteiger partial charge in [-0.15, -0.1) is 0 Å². The second-order valence-electron chi connectivity index (χ2n) is 4.32. The summed E-state index contributed by atoms with van der Waals surface area (Å²) in [6.07, 6.45) is 1.05. The van der Waals surface area contributed by atoms with E-state index >= 15 is 0 Å². The lowest BCUT2D eigenvalue weighted by atomic mass is 10.2. The molecule has 1 rings (SSSR count). The maximum absolute atomic E-state index is 5.41. The zero-order chi connectivity index (χ0) is 14.1. The molecule has 0 aromatic heterocycles. The van der Waals surface area contributed by atoms with E-state index in [1.165, 1.54) is 5.56 Å². The van der Waals surface area contributed by atoms with Gasteiger partial charge in [0.1, 0.15) is 0 Å². The highest BCUT2D eigenvalue weighted by atomic mass is 32.2. The molecule has 0 spiro atoms. The third kappa shape index (κ3) is 5.28. The fourth-order valence-corrected chi connectivity index (χ4v) is 4.92. The zero-order valence-electron chi connectivity index (χ0n) is 12.2. The Kier molecular flexibility index (Phi) is 7.71. The van der Waals surface area contributed by atoms with Crippen molar-refractivity contribution in [3.63, 3.8) is 0 Å². The lowest BCUT2D eigenvalue weighted by Crippen LogP contribution is -2.42. The lowest BCUT2D eigenvalue weighted by Gasteiger charge is -2.24. The molecule has 5 heteroatoms. The van der Waals surface area contributed by atoms with Crippen LogP contribution in [0, 0.1) is 0 Å². The summed E-state index contributed by atoms with van der Waals surface area (Å²) in [7, 11) is 2.61. The molecule has 0 aliphatic rings. The van der Waals surface area contributed by atoms with Crippen LogP contribution in [0.5, 0.6) is 0 Å². The van der Waals surface area contributed by atoms with Crippen molar-refractivity contribution in [2.75, 3.05) is 27.1 Å². The molecular weight excluding hydrogens is 276 g/mol. The molecule has 0 saturated heterocycles. The number of rotatable bonds is 9. The molecule has 19 heavy (non-hydrogen) atoms. The third-order valence-electron chi connectivity index (χ3n) is 3.20. The molecule has 0 aliphatic carbocycles. The van der Waals surface area contributed by atoms with E-state index in [2.05, 4.69) is 37.3 Å². The quantitative estimate of drug-likeness (QED) is 0.513. The molecular formula is C14H24O3SSi. The molecule has 0 saturated carbocycles. The Bertz CT molecular complexity index is 336. The first-order valence-corrected chi connectivity index (χ1v) is 9.47. The largest absolute Gasteiger partial charge is 0.500 e. The van der Waals surface area contributed by atoms with E-state index in [0.717, 1.165) is 18.2 Å². The fourth-order valence-electron chi connectivity index (χ4n) is 1.93. The number of hydrogen-bond donors (Lipinski definition) is 0. The lowest BCUT2D eigenvalue weighted by molar-refractivity contribution is 0.123. The summed E-state index contributed by atoms with van der Waals surface area (Å²) in [6.45, 7) is 2.24. The van der Waals surface area contributed by atoms with E-state index in [9.17, 15) is 0 Å². The normalized spacial score (nSPS) is 13.5. The van der Waals surface area contributed by atoms with Crippen LogP contribution in [0.15, 0.2) is 30.3 Å². The maximum Gasteiger partial charge on any atom is 0.500 e. The number of hydrogen-bond acceptors (Lipinski definition) is 4. The van der Waals surface area contributed by atoms with Crippen molar-refractivity contribution in [2.45, 2.75) is 24.6 Å². The summed E-state index contributed by atoms with van der Waals surface area (Å²) in [5.74, 6) is 1.08. The molecule has 0 bridgehead atoms. The van der Waals surface area contributed by atoms with Gasteiger partial charge in [0.05, 0.1) is 0 Å². The van der Waals surface area contributed by atoms with Crippen molar-refractivity contribution in [3.8, 4) is 0 Å². The van der Waals surface area contributed by atoms with Crippen LogP contribution >= 0.6 is 11.8 Å². The van der Waals surface area contributed by atoms with Crippen molar-refractivity contribution in [1.82, 2.24) is 0 Å². The molecule has 1 unspecified atom stereocenters. The molecule has 1 aromatic carbocycles. The molecule has 0 fully saturated rings. The van der Waals surface area contributed by atoms with Gasteiger partial charge in [0.25, 0.3) is 0 Å². The fraction of sp³-hybridized carbons (Fsp3) is 0.571. The van der Waals surface area contributed by atoms with E-state index in [1.807, 2.05) is 11.8 Å². The molecule has 108 valence electrons.